The molecule has 16 heavy (non-hydrogen) atoms. The summed E-state index contributed by atoms with van der Waals surface area (Å²) in [5.74, 6) is 0.581. The topological polar surface area (TPSA) is 74.2 Å². The van der Waals surface area contributed by atoms with Crippen molar-refractivity contribution in [1.82, 2.24) is 5.32 Å². The van der Waals surface area contributed by atoms with Crippen LogP contribution in [0.2, 0.25) is 0 Å². The van der Waals surface area contributed by atoms with Crippen molar-refractivity contribution in [3.63, 3.8) is 0 Å². The highest BCUT2D eigenvalue weighted by atomic mass is 16.5. The number of nitriles is 1. The summed E-state index contributed by atoms with van der Waals surface area (Å²) in [4.78, 5) is 11.3. The zero-order chi connectivity index (χ0) is 12.0. The molecule has 0 atom stereocenters. The van der Waals surface area contributed by atoms with Gasteiger partial charge in [0.15, 0.2) is 0 Å². The molecule has 0 heterocycles. The highest BCUT2D eigenvalue weighted by molar-refractivity contribution is 5.91. The summed E-state index contributed by atoms with van der Waals surface area (Å²) >= 11 is 0. The Balaban J connectivity index is 2.76. The number of amides is 2. The van der Waals surface area contributed by atoms with E-state index < -0.39 is 6.03 Å². The first-order valence-electron chi connectivity index (χ1n) is 4.74. The first kappa shape index (κ1) is 11.9. The minimum Gasteiger partial charge on any atom is -0.495 e. The number of nitrogens with one attached hydrogen (secondary N) is 2. The van der Waals surface area contributed by atoms with Crippen molar-refractivity contribution in [2.24, 2.45) is 0 Å². The zero-order valence-electron chi connectivity index (χ0n) is 9.20. The normalized spacial score (nSPS) is 9.06. The maximum Gasteiger partial charge on any atom is 0.320 e. The molecule has 84 valence electrons. The van der Waals surface area contributed by atoms with Gasteiger partial charge in [0.05, 0.1) is 18.9 Å². The molecule has 2 N–H and O–H groups in total. The minimum atomic E-state index is -0.426. The van der Waals surface area contributed by atoms with Gasteiger partial charge < -0.3 is 15.4 Å². The number of nitrogens with zero attached hydrogens (tertiary/aromatic N) is 1. The van der Waals surface area contributed by atoms with E-state index in [2.05, 4.69) is 10.6 Å². The van der Waals surface area contributed by atoms with E-state index in [-0.39, 0.29) is 6.54 Å². The Morgan fingerprint density at radius 2 is 2.31 bits per heavy atom. The highest BCUT2D eigenvalue weighted by Gasteiger charge is 2.06. The summed E-state index contributed by atoms with van der Waals surface area (Å²) < 4.78 is 5.10. The van der Waals surface area contributed by atoms with Crippen LogP contribution in [0.5, 0.6) is 5.75 Å². The fourth-order valence-corrected chi connectivity index (χ4v) is 1.21. The van der Waals surface area contributed by atoms with Gasteiger partial charge in [-0.2, -0.15) is 5.26 Å². The molecule has 5 heteroatoms. The van der Waals surface area contributed by atoms with Crippen LogP contribution in [0.3, 0.4) is 0 Å². The van der Waals surface area contributed by atoms with Crippen LogP contribution in [0.1, 0.15) is 5.56 Å². The molecule has 0 saturated carbocycles. The lowest BCUT2D eigenvalue weighted by Crippen LogP contribution is -2.29. The standard InChI is InChI=1S/C11H13N3O2/c1-8-3-4-10(16-2)9(7-8)14-11(15)13-6-5-12/h3-4,7H,6H2,1-2H3,(H2,13,14,15). The molecule has 0 fully saturated rings. The SMILES string of the molecule is COc1ccc(C)cc1NC(=O)NCC#N. The number of benzene rings is 1. The van der Waals surface area contributed by atoms with Gasteiger partial charge in [-0.05, 0) is 24.6 Å². The lowest BCUT2D eigenvalue weighted by atomic mass is 10.2. The van der Waals surface area contributed by atoms with Crippen LogP contribution in [0.15, 0.2) is 18.2 Å². The van der Waals surface area contributed by atoms with Gasteiger partial charge in [0.1, 0.15) is 12.3 Å². The van der Waals surface area contributed by atoms with E-state index in [4.69, 9.17) is 10.00 Å². The van der Waals surface area contributed by atoms with E-state index in [1.54, 1.807) is 12.1 Å². The summed E-state index contributed by atoms with van der Waals surface area (Å²) in [5.41, 5.74) is 1.59. The van der Waals surface area contributed by atoms with E-state index in [0.717, 1.165) is 5.56 Å². The lowest BCUT2D eigenvalue weighted by molar-refractivity contribution is 0.253. The number of urea groups is 1. The number of carbonyl (C=O) groups is 1. The van der Waals surface area contributed by atoms with Crippen LogP contribution < -0.4 is 15.4 Å². The summed E-state index contributed by atoms with van der Waals surface area (Å²) in [6.45, 7) is 1.89. The first-order chi connectivity index (χ1) is 7.67. The Bertz CT molecular complexity index is 424. The predicted octanol–water partition coefficient (Wildman–Crippen LogP) is 1.65. The van der Waals surface area contributed by atoms with Crippen LogP contribution in [0.4, 0.5) is 10.5 Å². The molecule has 0 spiro atoms. The van der Waals surface area contributed by atoms with Gasteiger partial charge in [0.25, 0.3) is 0 Å². The van der Waals surface area contributed by atoms with Gasteiger partial charge in [-0.1, -0.05) is 6.07 Å². The average molecular weight is 219 g/mol. The van der Waals surface area contributed by atoms with Crippen molar-refractivity contribution in [2.75, 3.05) is 19.0 Å². The molecule has 2 amide bonds. The second kappa shape index (κ2) is 5.61. The van der Waals surface area contributed by atoms with Gasteiger partial charge in [0, 0.05) is 0 Å². The monoisotopic (exact) mass is 219 g/mol. The Morgan fingerprint density at radius 3 is 2.94 bits per heavy atom. The van der Waals surface area contributed by atoms with E-state index in [0.29, 0.717) is 11.4 Å². The maximum atomic E-state index is 11.3. The van der Waals surface area contributed by atoms with E-state index in [1.165, 1.54) is 7.11 Å². The summed E-state index contributed by atoms with van der Waals surface area (Å²) in [5, 5.41) is 13.3. The third-order valence-electron chi connectivity index (χ3n) is 1.93. The molecule has 0 aliphatic heterocycles. The largest absolute Gasteiger partial charge is 0.495 e. The molecular formula is C11H13N3O2. The molecule has 0 bridgehead atoms. The Morgan fingerprint density at radius 1 is 1.56 bits per heavy atom. The second-order valence-corrected chi connectivity index (χ2v) is 3.17. The number of aryl methyl sites for hydroxylation is 1. The maximum absolute atomic E-state index is 11.3. The van der Waals surface area contributed by atoms with Crippen molar-refractivity contribution in [1.29, 1.82) is 5.26 Å². The van der Waals surface area contributed by atoms with Crippen LogP contribution in [0, 0.1) is 18.3 Å². The summed E-state index contributed by atoms with van der Waals surface area (Å²) in [6.07, 6.45) is 0. The molecule has 0 aliphatic carbocycles. The van der Waals surface area contributed by atoms with E-state index in [1.807, 2.05) is 19.1 Å². The molecule has 1 aromatic rings. The van der Waals surface area contributed by atoms with Crippen LogP contribution in [-0.4, -0.2) is 19.7 Å². The number of anilines is 1. The molecule has 0 radical (unpaired) electrons. The average Bonchev–Trinajstić information content (AvgIpc) is 2.27. The molecular weight excluding hydrogens is 206 g/mol. The summed E-state index contributed by atoms with van der Waals surface area (Å²) in [6, 6.07) is 6.85. The Labute approximate surface area is 94.0 Å². The van der Waals surface area contributed by atoms with Crippen molar-refractivity contribution in [2.45, 2.75) is 6.92 Å². The highest BCUT2D eigenvalue weighted by Crippen LogP contribution is 2.24. The minimum absolute atomic E-state index is 0.0278. The number of carbonyl (C=O) groups excluding carboxylic acids is 1. The van der Waals surface area contributed by atoms with Crippen molar-refractivity contribution in [3.8, 4) is 11.8 Å². The van der Waals surface area contributed by atoms with Gasteiger partial charge in [0.2, 0.25) is 0 Å². The fraction of sp³-hybridized carbons (Fsp3) is 0.273. The number of hydrogen-bond acceptors (Lipinski definition) is 3. The third-order valence-corrected chi connectivity index (χ3v) is 1.93. The van der Waals surface area contributed by atoms with Crippen molar-refractivity contribution in [3.05, 3.63) is 23.8 Å². The predicted molar refractivity (Wildman–Crippen MR) is 60.4 cm³/mol. The van der Waals surface area contributed by atoms with Gasteiger partial charge in [-0.15, -0.1) is 0 Å². The number of ether oxygens (including phenoxy) is 1. The van der Waals surface area contributed by atoms with Crippen LogP contribution in [-0.2, 0) is 0 Å². The molecule has 0 unspecified atom stereocenters. The van der Waals surface area contributed by atoms with Gasteiger partial charge >= 0.3 is 6.03 Å². The van der Waals surface area contributed by atoms with Gasteiger partial charge in [-0.25, -0.2) is 4.79 Å². The smallest absolute Gasteiger partial charge is 0.320 e. The Kier molecular flexibility index (Phi) is 4.16. The number of methoxy groups -OCH3 is 1. The molecule has 0 saturated heterocycles. The van der Waals surface area contributed by atoms with Crippen molar-refractivity contribution < 1.29 is 9.53 Å². The fourth-order valence-electron chi connectivity index (χ4n) is 1.21. The quantitative estimate of drug-likeness (QED) is 0.759. The summed E-state index contributed by atoms with van der Waals surface area (Å²) in [7, 11) is 1.53. The number of hydrogen-bond donors (Lipinski definition) is 2. The van der Waals surface area contributed by atoms with Crippen LogP contribution >= 0.6 is 0 Å². The molecule has 1 rings (SSSR count). The lowest BCUT2D eigenvalue weighted by Gasteiger charge is -2.10. The van der Waals surface area contributed by atoms with Crippen molar-refractivity contribution >= 4 is 11.7 Å². The van der Waals surface area contributed by atoms with E-state index in [9.17, 15) is 4.79 Å². The zero-order valence-corrected chi connectivity index (χ0v) is 9.20. The van der Waals surface area contributed by atoms with Gasteiger partial charge in [-0.3, -0.25) is 0 Å². The molecule has 0 aliphatic rings. The Hall–Kier alpha value is -2.22. The molecule has 1 aromatic carbocycles. The third kappa shape index (κ3) is 3.17. The molecule has 5 nitrogen and oxygen atoms in total. The molecule has 0 aromatic heterocycles. The van der Waals surface area contributed by atoms with E-state index >= 15 is 0 Å². The second-order valence-electron chi connectivity index (χ2n) is 3.17. The van der Waals surface area contributed by atoms with Crippen LogP contribution in [0.25, 0.3) is 0 Å². The number of rotatable bonds is 3. The first-order valence-corrected chi connectivity index (χ1v) is 4.74.